The van der Waals surface area contributed by atoms with Gasteiger partial charge in [-0.3, -0.25) is 4.90 Å². The van der Waals surface area contributed by atoms with Crippen molar-refractivity contribution in [1.82, 2.24) is 4.90 Å². The molecule has 114 valence electrons. The van der Waals surface area contributed by atoms with E-state index in [0.29, 0.717) is 19.2 Å². The molecule has 6 nitrogen and oxygen atoms in total. The van der Waals surface area contributed by atoms with Crippen molar-refractivity contribution in [2.24, 2.45) is 10.9 Å². The number of ether oxygens (including phenoxy) is 2. The molecule has 3 unspecified atom stereocenters. The quantitative estimate of drug-likeness (QED) is 0.334. The number of thioether (sulfide) groups is 1. The molecule has 3 heterocycles. The molecule has 0 aliphatic carbocycles. The Morgan fingerprint density at radius 3 is 3.10 bits per heavy atom. The summed E-state index contributed by atoms with van der Waals surface area (Å²) in [7, 11) is 0. The summed E-state index contributed by atoms with van der Waals surface area (Å²) in [4.78, 5) is 2.43. The zero-order chi connectivity index (χ0) is 14.0. The molecular weight excluding hydrogens is 278 g/mol. The lowest BCUT2D eigenvalue weighted by molar-refractivity contribution is -0.105. The zero-order valence-corrected chi connectivity index (χ0v) is 12.5. The van der Waals surface area contributed by atoms with Crippen molar-refractivity contribution in [3.05, 3.63) is 0 Å². The first-order valence-corrected chi connectivity index (χ1v) is 8.43. The molecule has 0 saturated carbocycles. The highest BCUT2D eigenvalue weighted by Crippen LogP contribution is 2.39. The predicted octanol–water partition coefficient (Wildman–Crippen LogP) is 0.488. The van der Waals surface area contributed by atoms with Gasteiger partial charge < -0.3 is 20.4 Å². The van der Waals surface area contributed by atoms with E-state index in [0.717, 1.165) is 31.7 Å². The molecule has 0 bridgehead atoms. The van der Waals surface area contributed by atoms with E-state index in [4.69, 9.17) is 20.4 Å². The molecule has 0 aromatic heterocycles. The van der Waals surface area contributed by atoms with Crippen LogP contribution >= 0.6 is 11.8 Å². The minimum absolute atomic E-state index is 0.0952. The lowest BCUT2D eigenvalue weighted by atomic mass is 9.88. The van der Waals surface area contributed by atoms with Gasteiger partial charge in [0.2, 0.25) is 0 Å². The Kier molecular flexibility index (Phi) is 4.40. The topological polar surface area (TPSA) is 80.3 Å². The first kappa shape index (κ1) is 14.4. The molecule has 3 N–H and O–H groups in total. The number of hydrogen-bond donors (Lipinski definition) is 2. The normalized spacial score (nSPS) is 40.3. The van der Waals surface area contributed by atoms with Crippen molar-refractivity contribution in [3.8, 4) is 0 Å². The van der Waals surface area contributed by atoms with Crippen LogP contribution in [0, 0.1) is 0 Å². The average molecular weight is 301 g/mol. The first-order chi connectivity index (χ1) is 9.72. The molecule has 3 aliphatic heterocycles. The first-order valence-electron chi connectivity index (χ1n) is 7.27. The van der Waals surface area contributed by atoms with Gasteiger partial charge in [0.1, 0.15) is 6.10 Å². The smallest absolute Gasteiger partial charge is 0.169 e. The van der Waals surface area contributed by atoms with E-state index in [1.165, 1.54) is 12.2 Å². The van der Waals surface area contributed by atoms with Gasteiger partial charge in [-0.05, 0) is 25.0 Å². The highest BCUT2D eigenvalue weighted by molar-refractivity contribution is 7.99. The van der Waals surface area contributed by atoms with Crippen LogP contribution in [0.25, 0.3) is 0 Å². The molecule has 0 radical (unpaired) electrons. The second-order valence-electron chi connectivity index (χ2n) is 5.86. The maximum absolute atomic E-state index is 8.79. The highest BCUT2D eigenvalue weighted by atomic mass is 32.2. The van der Waals surface area contributed by atoms with Crippen LogP contribution < -0.4 is 5.73 Å². The molecule has 3 atom stereocenters. The fourth-order valence-corrected chi connectivity index (χ4v) is 4.80. The van der Waals surface area contributed by atoms with E-state index in [9.17, 15) is 0 Å². The lowest BCUT2D eigenvalue weighted by Gasteiger charge is -2.45. The van der Waals surface area contributed by atoms with Crippen molar-refractivity contribution in [2.45, 2.75) is 37.0 Å². The van der Waals surface area contributed by atoms with Gasteiger partial charge in [0.05, 0.1) is 12.2 Å². The Hall–Kier alpha value is -0.500. The molecule has 3 rings (SSSR count). The van der Waals surface area contributed by atoms with E-state index < -0.39 is 0 Å². The van der Waals surface area contributed by atoms with Crippen LogP contribution in [0.4, 0.5) is 0 Å². The molecule has 0 aromatic carbocycles. The van der Waals surface area contributed by atoms with E-state index in [1.807, 2.05) is 11.8 Å². The molecule has 3 saturated heterocycles. The van der Waals surface area contributed by atoms with Crippen LogP contribution in [0.2, 0.25) is 0 Å². The monoisotopic (exact) mass is 301 g/mol. The van der Waals surface area contributed by atoms with Crippen LogP contribution in [-0.2, 0) is 9.47 Å². The Morgan fingerprint density at radius 1 is 1.45 bits per heavy atom. The van der Waals surface area contributed by atoms with Crippen LogP contribution in [0.3, 0.4) is 0 Å². The van der Waals surface area contributed by atoms with Gasteiger partial charge in [0, 0.05) is 31.5 Å². The van der Waals surface area contributed by atoms with E-state index in [1.54, 1.807) is 0 Å². The predicted molar refractivity (Wildman–Crippen MR) is 78.4 cm³/mol. The van der Waals surface area contributed by atoms with Crippen LogP contribution in [0.1, 0.15) is 19.3 Å². The van der Waals surface area contributed by atoms with Crippen LogP contribution in [0.5, 0.6) is 0 Å². The highest BCUT2D eigenvalue weighted by Gasteiger charge is 2.42. The molecule has 0 amide bonds. The number of rotatable bonds is 2. The summed E-state index contributed by atoms with van der Waals surface area (Å²) in [5, 5.41) is 11.9. The number of morpholine rings is 1. The third-order valence-corrected chi connectivity index (χ3v) is 5.82. The van der Waals surface area contributed by atoms with Crippen LogP contribution in [-0.4, -0.2) is 71.5 Å². The Balaban J connectivity index is 1.63. The number of nitrogens with two attached hydrogens (primary N) is 1. The molecule has 1 spiro atoms. The van der Waals surface area contributed by atoms with Gasteiger partial charge in [-0.2, -0.15) is 11.8 Å². The van der Waals surface area contributed by atoms with Gasteiger partial charge in [-0.15, -0.1) is 0 Å². The SMILES string of the molecule is NC(=NO)C1CN(C2CCOC3(CCSC3)C2)CCO1. The molecule has 20 heavy (non-hydrogen) atoms. The molecule has 3 aliphatic rings. The molecule has 0 aromatic rings. The minimum atomic E-state index is -0.287. The molecule has 3 fully saturated rings. The fraction of sp³-hybridized carbons (Fsp3) is 0.923. The Morgan fingerprint density at radius 2 is 2.35 bits per heavy atom. The van der Waals surface area contributed by atoms with Crippen molar-refractivity contribution in [2.75, 3.05) is 37.8 Å². The van der Waals surface area contributed by atoms with Gasteiger partial charge >= 0.3 is 0 Å². The van der Waals surface area contributed by atoms with Crippen molar-refractivity contribution < 1.29 is 14.7 Å². The maximum atomic E-state index is 8.79. The van der Waals surface area contributed by atoms with Crippen molar-refractivity contribution in [3.63, 3.8) is 0 Å². The third-order valence-electron chi connectivity index (χ3n) is 4.59. The standard InChI is InChI=1S/C13H23N3O3S/c14-12(15-17)11-8-16(3-5-18-11)10-1-4-19-13(7-10)2-6-20-9-13/h10-11,17H,1-9H2,(H2,14,15). The molecular formula is C13H23N3O3S. The van der Waals surface area contributed by atoms with Gasteiger partial charge in [0.15, 0.2) is 5.84 Å². The van der Waals surface area contributed by atoms with E-state index in [-0.39, 0.29) is 17.5 Å². The Bertz CT molecular complexity index is 374. The van der Waals surface area contributed by atoms with E-state index >= 15 is 0 Å². The average Bonchev–Trinajstić information content (AvgIpc) is 2.94. The summed E-state index contributed by atoms with van der Waals surface area (Å²) >= 11 is 2.00. The maximum Gasteiger partial charge on any atom is 0.169 e. The van der Waals surface area contributed by atoms with Crippen molar-refractivity contribution in [1.29, 1.82) is 0 Å². The number of amidine groups is 1. The molecule has 7 heteroatoms. The number of oxime groups is 1. The lowest BCUT2D eigenvalue weighted by Crippen LogP contribution is -2.56. The summed E-state index contributed by atoms with van der Waals surface area (Å²) in [6.45, 7) is 3.11. The summed E-state index contributed by atoms with van der Waals surface area (Å²) in [6, 6.07) is 0.528. The fourth-order valence-electron chi connectivity index (χ4n) is 3.42. The van der Waals surface area contributed by atoms with Crippen LogP contribution in [0.15, 0.2) is 5.16 Å². The second-order valence-corrected chi connectivity index (χ2v) is 6.97. The van der Waals surface area contributed by atoms with Gasteiger partial charge in [0.25, 0.3) is 0 Å². The van der Waals surface area contributed by atoms with Crippen molar-refractivity contribution >= 4 is 17.6 Å². The summed E-state index contributed by atoms with van der Waals surface area (Å²) < 4.78 is 11.7. The van der Waals surface area contributed by atoms with Gasteiger partial charge in [-0.1, -0.05) is 5.16 Å². The largest absolute Gasteiger partial charge is 0.409 e. The number of nitrogens with zero attached hydrogens (tertiary/aromatic N) is 2. The zero-order valence-electron chi connectivity index (χ0n) is 11.7. The Labute approximate surface area is 123 Å². The summed E-state index contributed by atoms with van der Waals surface area (Å²) in [5.41, 5.74) is 5.77. The second kappa shape index (κ2) is 6.09. The number of hydrogen-bond acceptors (Lipinski definition) is 6. The summed E-state index contributed by atoms with van der Waals surface area (Å²) in [5.74, 6) is 2.51. The summed E-state index contributed by atoms with van der Waals surface area (Å²) in [6.07, 6.45) is 3.05. The van der Waals surface area contributed by atoms with Gasteiger partial charge in [-0.25, -0.2) is 0 Å². The third kappa shape index (κ3) is 2.90. The van der Waals surface area contributed by atoms with E-state index in [2.05, 4.69) is 10.1 Å². The minimum Gasteiger partial charge on any atom is -0.409 e.